The maximum Gasteiger partial charge on any atom is 0.407 e. The first-order valence-electron chi connectivity index (χ1n) is 17.0. The van der Waals surface area contributed by atoms with Crippen molar-refractivity contribution >= 4 is 40.3 Å². The molecule has 2 aromatic heterocycles. The van der Waals surface area contributed by atoms with Crippen LogP contribution in [0, 0.1) is 5.92 Å². The van der Waals surface area contributed by atoms with E-state index < -0.39 is 17.6 Å². The van der Waals surface area contributed by atoms with Gasteiger partial charge >= 0.3 is 6.09 Å². The summed E-state index contributed by atoms with van der Waals surface area (Å²) in [6.07, 6.45) is 1.41. The maximum absolute atomic E-state index is 14.0. The molecule has 11 heteroatoms. The number of nitrogens with zero attached hydrogens (tertiary/aromatic N) is 5. The zero-order valence-corrected chi connectivity index (χ0v) is 28.6. The molecule has 0 spiro atoms. The van der Waals surface area contributed by atoms with Gasteiger partial charge in [-0.1, -0.05) is 114 Å². The van der Waals surface area contributed by atoms with Gasteiger partial charge in [-0.25, -0.2) is 9.48 Å². The fourth-order valence-corrected chi connectivity index (χ4v) is 7.53. The van der Waals surface area contributed by atoms with Gasteiger partial charge in [0, 0.05) is 34.6 Å². The number of amides is 2. The molecule has 8 rings (SSSR count). The van der Waals surface area contributed by atoms with Crippen LogP contribution in [0.2, 0.25) is 5.02 Å². The van der Waals surface area contributed by atoms with Crippen molar-refractivity contribution in [1.29, 1.82) is 0 Å². The highest BCUT2D eigenvalue weighted by atomic mass is 35.5. The van der Waals surface area contributed by atoms with E-state index in [9.17, 15) is 14.7 Å². The van der Waals surface area contributed by atoms with Crippen molar-refractivity contribution < 1.29 is 19.2 Å². The molecule has 258 valence electrons. The molecule has 0 bridgehead atoms. The second-order valence-corrected chi connectivity index (χ2v) is 13.2. The number of piperidine rings is 1. The number of hydrogen-bond acceptors (Lipinski definition) is 6. The minimum Gasteiger partial charge on any atom is -0.465 e. The summed E-state index contributed by atoms with van der Waals surface area (Å²) in [5.74, 6) is -0.0332. The number of aromatic nitrogens is 4. The highest BCUT2D eigenvalue weighted by Crippen LogP contribution is 2.44. The zero-order chi connectivity index (χ0) is 35.7. The molecule has 52 heavy (non-hydrogen) atoms. The Kier molecular flexibility index (Phi) is 8.74. The molecule has 7 aromatic rings. The zero-order valence-electron chi connectivity index (χ0n) is 27.9. The number of nitrogens with one attached hydrogen (secondary N) is 1. The Hall–Kier alpha value is -6.26. The molecule has 0 unspecified atom stereocenters. The summed E-state index contributed by atoms with van der Waals surface area (Å²) < 4.78 is 6.98. The van der Waals surface area contributed by atoms with Crippen LogP contribution in [0.3, 0.4) is 0 Å². The highest BCUT2D eigenvalue weighted by molar-refractivity contribution is 6.33. The Labute approximate surface area is 304 Å². The molecule has 3 heterocycles. The minimum absolute atomic E-state index is 0.117. The van der Waals surface area contributed by atoms with Crippen molar-refractivity contribution in [2.24, 2.45) is 5.92 Å². The van der Waals surface area contributed by atoms with E-state index in [1.165, 1.54) is 11.3 Å². The smallest absolute Gasteiger partial charge is 0.407 e. The third-order valence-corrected chi connectivity index (χ3v) is 10.1. The normalized spacial score (nSPS) is 14.7. The van der Waals surface area contributed by atoms with Crippen molar-refractivity contribution in [2.45, 2.75) is 18.4 Å². The van der Waals surface area contributed by atoms with Crippen LogP contribution >= 0.6 is 11.6 Å². The number of rotatable bonds is 8. The largest absolute Gasteiger partial charge is 0.465 e. The number of halogens is 1. The van der Waals surface area contributed by atoms with E-state index in [2.05, 4.69) is 51.9 Å². The fraction of sp³-hybridized carbons (Fsp3) is 0.146. The predicted octanol–water partition coefficient (Wildman–Crippen LogP) is 8.58. The van der Waals surface area contributed by atoms with Gasteiger partial charge < -0.3 is 19.8 Å². The van der Waals surface area contributed by atoms with Crippen LogP contribution in [-0.4, -0.2) is 55.0 Å². The van der Waals surface area contributed by atoms with Crippen LogP contribution in [0.15, 0.2) is 138 Å². The lowest BCUT2D eigenvalue weighted by Crippen LogP contribution is -2.43. The summed E-state index contributed by atoms with van der Waals surface area (Å²) >= 11 is 6.82. The van der Waals surface area contributed by atoms with Crippen LogP contribution in [0.25, 0.3) is 33.4 Å². The van der Waals surface area contributed by atoms with Gasteiger partial charge in [-0.15, -0.1) is 0 Å². The van der Waals surface area contributed by atoms with Crippen molar-refractivity contribution in [3.63, 3.8) is 0 Å². The molecule has 2 N–H and O–H groups in total. The molecular formula is C41H33ClN6O4. The fourth-order valence-electron chi connectivity index (χ4n) is 7.31. The third-order valence-electron chi connectivity index (χ3n) is 9.77. The quantitative estimate of drug-likeness (QED) is 0.152. The molecule has 1 fully saturated rings. The monoisotopic (exact) mass is 708 g/mol. The molecular weight excluding hydrogens is 676 g/mol. The van der Waals surface area contributed by atoms with Crippen LogP contribution in [0.5, 0.6) is 0 Å². The number of benzene rings is 5. The van der Waals surface area contributed by atoms with E-state index in [4.69, 9.17) is 21.2 Å². The Morgan fingerprint density at radius 2 is 1.46 bits per heavy atom. The molecule has 5 aromatic carbocycles. The SMILES string of the molecule is O=C(Nc1nn(C(c2ccccc2)(c2ccccc2)c2ccccc2)c2ccc(-c3cc(-c4ncon4)ccc3Cl)cc12)[C@@H]1CCCN(C(=O)O)C1. The minimum atomic E-state index is -1.03. The van der Waals surface area contributed by atoms with Crippen molar-refractivity contribution in [2.75, 3.05) is 18.4 Å². The summed E-state index contributed by atoms with van der Waals surface area (Å²) in [7, 11) is 0. The molecule has 0 saturated carbocycles. The summed E-state index contributed by atoms with van der Waals surface area (Å²) in [6, 6.07) is 42.1. The Morgan fingerprint density at radius 3 is 2.06 bits per heavy atom. The van der Waals surface area contributed by atoms with Gasteiger partial charge in [0.1, 0.15) is 5.54 Å². The number of carbonyl (C=O) groups is 2. The van der Waals surface area contributed by atoms with E-state index in [0.717, 1.165) is 38.9 Å². The molecule has 1 aliphatic heterocycles. The first-order valence-corrected chi connectivity index (χ1v) is 17.4. The summed E-state index contributed by atoms with van der Waals surface area (Å²) in [5, 5.41) is 23.3. The predicted molar refractivity (Wildman–Crippen MR) is 199 cm³/mol. The number of likely N-dealkylation sites (tertiary alicyclic amines) is 1. The summed E-state index contributed by atoms with van der Waals surface area (Å²) in [6.45, 7) is 0.517. The van der Waals surface area contributed by atoms with Gasteiger partial charge in [-0.2, -0.15) is 10.1 Å². The van der Waals surface area contributed by atoms with E-state index in [1.54, 1.807) is 6.07 Å². The Bertz CT molecular complexity index is 2270. The van der Waals surface area contributed by atoms with Crippen LogP contribution in [-0.2, 0) is 10.3 Å². The average molecular weight is 709 g/mol. The molecule has 1 aliphatic rings. The molecule has 1 atom stereocenters. The number of carbonyl (C=O) groups excluding carboxylic acids is 1. The topological polar surface area (TPSA) is 126 Å². The molecule has 10 nitrogen and oxygen atoms in total. The molecule has 2 amide bonds. The van der Waals surface area contributed by atoms with E-state index in [-0.39, 0.29) is 12.5 Å². The first-order chi connectivity index (χ1) is 25.4. The van der Waals surface area contributed by atoms with Gasteiger partial charge in [0.05, 0.1) is 11.4 Å². The van der Waals surface area contributed by atoms with Crippen molar-refractivity contribution in [3.8, 4) is 22.5 Å². The molecule has 0 radical (unpaired) electrons. The van der Waals surface area contributed by atoms with E-state index in [1.807, 2.05) is 89.6 Å². The van der Waals surface area contributed by atoms with Crippen LogP contribution in [0.1, 0.15) is 29.5 Å². The highest BCUT2D eigenvalue weighted by Gasteiger charge is 2.41. The summed E-state index contributed by atoms with van der Waals surface area (Å²) in [4.78, 5) is 31.3. The standard InChI is InChI=1S/C41H33ClN6O4/c42-35-20-18-28(37-43-26-52-46-37)24-33(35)27-19-21-36-34(23-27)38(44-39(49)29-11-10-22-47(25-29)40(50)51)45-48(36)41(30-12-4-1-5-13-30,31-14-6-2-7-15-31)32-16-8-3-9-17-32/h1-9,12-21,23-24,26,29H,10-11,22,25H2,(H,50,51)(H,44,45,49)/t29-/m1/s1. The van der Waals surface area contributed by atoms with Crippen molar-refractivity contribution in [3.05, 3.63) is 156 Å². The Balaban J connectivity index is 1.37. The van der Waals surface area contributed by atoms with Gasteiger partial charge in [0.25, 0.3) is 0 Å². The van der Waals surface area contributed by atoms with Crippen molar-refractivity contribution in [1.82, 2.24) is 24.8 Å². The van der Waals surface area contributed by atoms with Gasteiger partial charge in [0.15, 0.2) is 5.82 Å². The van der Waals surface area contributed by atoms with E-state index in [0.29, 0.717) is 41.4 Å². The number of hydrogen-bond donors (Lipinski definition) is 2. The van der Waals surface area contributed by atoms with E-state index >= 15 is 0 Å². The molecule has 1 saturated heterocycles. The maximum atomic E-state index is 14.0. The second-order valence-electron chi connectivity index (χ2n) is 12.8. The molecule has 0 aliphatic carbocycles. The Morgan fingerprint density at radius 1 is 0.827 bits per heavy atom. The van der Waals surface area contributed by atoms with Crippen LogP contribution in [0.4, 0.5) is 10.6 Å². The van der Waals surface area contributed by atoms with Gasteiger partial charge in [0.2, 0.25) is 18.1 Å². The van der Waals surface area contributed by atoms with Crippen LogP contribution < -0.4 is 5.32 Å². The lowest BCUT2D eigenvalue weighted by atomic mass is 9.77. The lowest BCUT2D eigenvalue weighted by Gasteiger charge is -2.37. The second kappa shape index (κ2) is 13.8. The number of carboxylic acid groups (broad SMARTS) is 1. The first kappa shape index (κ1) is 32.9. The lowest BCUT2D eigenvalue weighted by molar-refractivity contribution is -0.121. The average Bonchev–Trinajstić information content (AvgIpc) is 3.86. The van der Waals surface area contributed by atoms with Gasteiger partial charge in [-0.3, -0.25) is 4.79 Å². The number of anilines is 1. The summed E-state index contributed by atoms with van der Waals surface area (Å²) in [5.41, 5.74) is 4.97. The third kappa shape index (κ3) is 5.86. The number of fused-ring (bicyclic) bond motifs is 1. The van der Waals surface area contributed by atoms with Gasteiger partial charge in [-0.05, 0) is 65.4 Å².